The van der Waals surface area contributed by atoms with Gasteiger partial charge in [0.1, 0.15) is 5.01 Å². The molecule has 0 aliphatic carbocycles. The molecular weight excluding hydrogens is 315 g/mol. The summed E-state index contributed by atoms with van der Waals surface area (Å²) in [7, 11) is 0. The van der Waals surface area contributed by atoms with Crippen molar-refractivity contribution >= 4 is 40.5 Å². The molecule has 2 rings (SSSR count). The van der Waals surface area contributed by atoms with Crippen molar-refractivity contribution in [1.82, 2.24) is 10.3 Å². The zero-order valence-electron chi connectivity index (χ0n) is 10.8. The molecule has 7 heteroatoms. The fraction of sp³-hybridized carbons (Fsp3) is 0.231. The van der Waals surface area contributed by atoms with Gasteiger partial charge in [-0.2, -0.15) is 0 Å². The lowest BCUT2D eigenvalue weighted by Crippen LogP contribution is -2.33. The van der Waals surface area contributed by atoms with E-state index in [9.17, 15) is 0 Å². The van der Waals surface area contributed by atoms with Gasteiger partial charge in [-0.15, -0.1) is 11.3 Å². The Bertz CT molecular complexity index is 598. The first-order valence-electron chi connectivity index (χ1n) is 5.96. The smallest absolute Gasteiger partial charge is 0.189 e. The molecule has 4 nitrogen and oxygen atoms in total. The van der Waals surface area contributed by atoms with Crippen molar-refractivity contribution in [3.8, 4) is 0 Å². The van der Waals surface area contributed by atoms with E-state index in [0.29, 0.717) is 22.5 Å². The highest BCUT2D eigenvalue weighted by Gasteiger charge is 2.10. The average Bonchev–Trinajstić information content (AvgIpc) is 2.89. The van der Waals surface area contributed by atoms with Crippen LogP contribution in [0.3, 0.4) is 0 Å². The van der Waals surface area contributed by atoms with Crippen molar-refractivity contribution in [2.45, 2.75) is 19.5 Å². The van der Waals surface area contributed by atoms with Gasteiger partial charge >= 0.3 is 0 Å². The second-order valence-electron chi connectivity index (χ2n) is 4.16. The molecule has 0 saturated heterocycles. The van der Waals surface area contributed by atoms with Crippen LogP contribution in [0, 0.1) is 0 Å². The van der Waals surface area contributed by atoms with Gasteiger partial charge in [0, 0.05) is 21.6 Å². The molecule has 0 saturated carbocycles. The predicted molar refractivity (Wildman–Crippen MR) is 85.5 cm³/mol. The summed E-state index contributed by atoms with van der Waals surface area (Å²) in [5.41, 5.74) is 6.77. The number of nitrogens with zero attached hydrogens (tertiary/aromatic N) is 2. The van der Waals surface area contributed by atoms with Crippen LogP contribution in [-0.4, -0.2) is 10.9 Å². The fourth-order valence-corrected chi connectivity index (χ4v) is 2.79. The van der Waals surface area contributed by atoms with Crippen molar-refractivity contribution in [2.75, 3.05) is 0 Å². The quantitative estimate of drug-likeness (QED) is 0.665. The number of nitrogens with two attached hydrogens (primary N) is 1. The Balaban J connectivity index is 1.99. The minimum Gasteiger partial charge on any atom is -0.370 e. The molecule has 0 aliphatic rings. The highest BCUT2D eigenvalue weighted by molar-refractivity contribution is 7.09. The van der Waals surface area contributed by atoms with E-state index in [0.717, 1.165) is 10.6 Å². The number of rotatable bonds is 4. The Hall–Kier alpha value is -1.30. The lowest BCUT2D eigenvalue weighted by Gasteiger charge is -2.16. The second-order valence-corrected chi connectivity index (χ2v) is 5.98. The molecule has 0 aliphatic heterocycles. The molecule has 1 aromatic carbocycles. The fourth-order valence-electron chi connectivity index (χ4n) is 1.68. The first-order chi connectivity index (χ1) is 9.56. The third-order valence-corrected chi connectivity index (χ3v) is 3.99. The number of thiazole rings is 1. The highest BCUT2D eigenvalue weighted by atomic mass is 35.5. The normalized spacial score (nSPS) is 13.2. The van der Waals surface area contributed by atoms with Gasteiger partial charge in [0.25, 0.3) is 0 Å². The van der Waals surface area contributed by atoms with E-state index in [4.69, 9.17) is 28.9 Å². The molecule has 0 bridgehead atoms. The van der Waals surface area contributed by atoms with Gasteiger partial charge in [-0.3, -0.25) is 0 Å². The second kappa shape index (κ2) is 6.92. The van der Waals surface area contributed by atoms with Crippen molar-refractivity contribution in [1.29, 1.82) is 0 Å². The minimum absolute atomic E-state index is 0.0557. The van der Waals surface area contributed by atoms with Gasteiger partial charge in [0.2, 0.25) is 0 Å². The maximum absolute atomic E-state index is 6.15. The van der Waals surface area contributed by atoms with Crippen molar-refractivity contribution < 1.29 is 0 Å². The number of aliphatic imine (C=N–C) groups is 1. The van der Waals surface area contributed by atoms with Gasteiger partial charge in [-0.1, -0.05) is 29.3 Å². The van der Waals surface area contributed by atoms with Crippen LogP contribution in [0.1, 0.15) is 23.5 Å². The van der Waals surface area contributed by atoms with Crippen molar-refractivity contribution in [3.05, 3.63) is 50.4 Å². The van der Waals surface area contributed by atoms with E-state index in [2.05, 4.69) is 15.3 Å². The molecule has 0 unspecified atom stereocenters. The molecule has 20 heavy (non-hydrogen) atoms. The lowest BCUT2D eigenvalue weighted by atomic mass is 10.1. The molecule has 1 heterocycles. The molecule has 106 valence electrons. The Morgan fingerprint density at radius 1 is 1.50 bits per heavy atom. The van der Waals surface area contributed by atoms with Crippen LogP contribution < -0.4 is 11.1 Å². The van der Waals surface area contributed by atoms with Gasteiger partial charge in [-0.25, -0.2) is 9.98 Å². The molecule has 3 N–H and O–H groups in total. The summed E-state index contributed by atoms with van der Waals surface area (Å²) in [5.74, 6) is 0.360. The number of aromatic nitrogens is 1. The number of hydrogen-bond donors (Lipinski definition) is 2. The molecular formula is C13H14Cl2N4S. The summed E-state index contributed by atoms with van der Waals surface area (Å²) in [5, 5.41) is 7.14. The molecule has 1 aromatic heterocycles. The van der Waals surface area contributed by atoms with Gasteiger partial charge in [-0.05, 0) is 24.6 Å². The predicted octanol–water partition coefficient (Wildman–Crippen LogP) is 3.62. The molecule has 0 spiro atoms. The van der Waals surface area contributed by atoms with Crippen LogP contribution in [-0.2, 0) is 6.54 Å². The maximum Gasteiger partial charge on any atom is 0.189 e. The summed E-state index contributed by atoms with van der Waals surface area (Å²) in [6.45, 7) is 2.43. The third-order valence-electron chi connectivity index (χ3n) is 2.66. The standard InChI is InChI=1S/C13H14Cl2N4S/c1-8(10-3-2-9(14)6-11(10)15)19-13(16)18-7-12-17-4-5-20-12/h2-6,8H,7H2,1H3,(H3,16,18,19)/t8-/m1/s1. The third kappa shape index (κ3) is 4.10. The number of benzene rings is 1. The molecule has 0 radical (unpaired) electrons. The van der Waals surface area contributed by atoms with E-state index < -0.39 is 0 Å². The average molecular weight is 329 g/mol. The summed E-state index contributed by atoms with van der Waals surface area (Å²) < 4.78 is 0. The van der Waals surface area contributed by atoms with Crippen LogP contribution in [0.25, 0.3) is 0 Å². The summed E-state index contributed by atoms with van der Waals surface area (Å²) >= 11 is 13.6. The number of halogens is 2. The Morgan fingerprint density at radius 2 is 2.30 bits per heavy atom. The van der Waals surface area contributed by atoms with Crippen LogP contribution in [0.4, 0.5) is 0 Å². The first kappa shape index (κ1) is 15.1. The summed E-state index contributed by atoms with van der Waals surface area (Å²) in [6.07, 6.45) is 1.75. The van der Waals surface area contributed by atoms with E-state index in [-0.39, 0.29) is 6.04 Å². The minimum atomic E-state index is -0.0557. The van der Waals surface area contributed by atoms with Gasteiger partial charge < -0.3 is 11.1 Å². The zero-order valence-corrected chi connectivity index (χ0v) is 13.1. The Morgan fingerprint density at radius 3 is 2.95 bits per heavy atom. The van der Waals surface area contributed by atoms with Crippen LogP contribution in [0.5, 0.6) is 0 Å². The Kier molecular flexibility index (Phi) is 5.23. The van der Waals surface area contributed by atoms with Crippen molar-refractivity contribution in [2.24, 2.45) is 10.7 Å². The molecule has 0 fully saturated rings. The molecule has 2 aromatic rings. The van der Waals surface area contributed by atoms with E-state index in [1.807, 2.05) is 18.4 Å². The number of nitrogens with one attached hydrogen (secondary N) is 1. The first-order valence-corrected chi connectivity index (χ1v) is 7.59. The van der Waals surface area contributed by atoms with Crippen LogP contribution >= 0.6 is 34.5 Å². The molecule has 0 amide bonds. The number of guanidine groups is 1. The van der Waals surface area contributed by atoms with E-state index in [1.54, 1.807) is 29.7 Å². The number of hydrogen-bond acceptors (Lipinski definition) is 3. The SMILES string of the molecule is C[C@@H](NC(N)=NCc1nccs1)c1ccc(Cl)cc1Cl. The van der Waals surface area contributed by atoms with E-state index >= 15 is 0 Å². The molecule has 1 atom stereocenters. The summed E-state index contributed by atoms with van der Waals surface area (Å²) in [4.78, 5) is 8.38. The van der Waals surface area contributed by atoms with Gasteiger partial charge in [0.05, 0.1) is 12.6 Å². The summed E-state index contributed by atoms with van der Waals surface area (Å²) in [6, 6.07) is 5.32. The Labute approximate surface area is 131 Å². The zero-order chi connectivity index (χ0) is 14.5. The highest BCUT2D eigenvalue weighted by Crippen LogP contribution is 2.25. The van der Waals surface area contributed by atoms with Crippen molar-refractivity contribution in [3.63, 3.8) is 0 Å². The van der Waals surface area contributed by atoms with Gasteiger partial charge in [0.15, 0.2) is 5.96 Å². The van der Waals surface area contributed by atoms with Crippen LogP contribution in [0.15, 0.2) is 34.8 Å². The maximum atomic E-state index is 6.15. The van der Waals surface area contributed by atoms with Crippen LogP contribution in [0.2, 0.25) is 10.0 Å². The van der Waals surface area contributed by atoms with E-state index in [1.165, 1.54) is 0 Å². The largest absolute Gasteiger partial charge is 0.370 e. The lowest BCUT2D eigenvalue weighted by molar-refractivity contribution is 0.708. The topological polar surface area (TPSA) is 63.3 Å². The monoisotopic (exact) mass is 328 g/mol.